The van der Waals surface area contributed by atoms with Crippen molar-refractivity contribution in [2.75, 3.05) is 5.32 Å². The Labute approximate surface area is 131 Å². The first kappa shape index (κ1) is 13.4. The number of anilines is 1. The molecule has 1 heterocycles. The molecule has 1 aliphatic heterocycles. The number of hydrogen-bond donors (Lipinski definition) is 1. The van der Waals surface area contributed by atoms with E-state index < -0.39 is 0 Å². The van der Waals surface area contributed by atoms with E-state index in [1.807, 2.05) is 12.1 Å². The van der Waals surface area contributed by atoms with Crippen molar-refractivity contribution in [2.45, 2.75) is 4.90 Å². The Hall–Kier alpha value is -0.0600. The van der Waals surface area contributed by atoms with Crippen LogP contribution in [-0.2, 0) is 0 Å². The molecule has 3 rings (SSSR count). The molecule has 5 heteroatoms. The highest BCUT2D eigenvalue weighted by atomic mass is 79.9. The Bertz CT molecular complexity index is 561. The van der Waals surface area contributed by atoms with Gasteiger partial charge in [0.05, 0.1) is 22.7 Å². The molecule has 0 saturated heterocycles. The highest BCUT2D eigenvalue weighted by Crippen LogP contribution is 2.45. The van der Waals surface area contributed by atoms with E-state index in [0.29, 0.717) is 0 Å². The molecule has 0 fully saturated rings. The lowest BCUT2D eigenvalue weighted by atomic mass is 10.2. The van der Waals surface area contributed by atoms with Crippen molar-refractivity contribution in [1.29, 1.82) is 0 Å². The van der Waals surface area contributed by atoms with Gasteiger partial charge in [-0.2, -0.15) is 0 Å². The van der Waals surface area contributed by atoms with Gasteiger partial charge in [-0.1, -0.05) is 6.07 Å². The van der Waals surface area contributed by atoms with Gasteiger partial charge in [-0.3, -0.25) is 0 Å². The zero-order valence-electron chi connectivity index (χ0n) is 8.43. The van der Waals surface area contributed by atoms with Crippen molar-refractivity contribution in [2.24, 2.45) is 0 Å². The molecule has 17 heavy (non-hydrogen) atoms. The molecule has 1 aromatic rings. The van der Waals surface area contributed by atoms with E-state index in [1.165, 1.54) is 9.80 Å². The third-order valence-electron chi connectivity index (χ3n) is 2.31. The molecule has 0 radical (unpaired) electrons. The zero-order valence-corrected chi connectivity index (χ0v) is 14.0. The number of rotatable bonds is 0. The van der Waals surface area contributed by atoms with E-state index in [1.54, 1.807) is 11.8 Å². The Morgan fingerprint density at radius 2 is 2.06 bits per heavy atom. The van der Waals surface area contributed by atoms with Gasteiger partial charge < -0.3 is 22.3 Å². The molecule has 0 saturated carbocycles. The average molecular weight is 436 g/mol. The van der Waals surface area contributed by atoms with E-state index in [9.17, 15) is 0 Å². The van der Waals surface area contributed by atoms with Crippen LogP contribution in [0.1, 0.15) is 0 Å². The van der Waals surface area contributed by atoms with Crippen LogP contribution in [0.5, 0.6) is 0 Å². The molecule has 86 valence electrons. The number of nitrogens with one attached hydrogen (secondary N) is 1. The van der Waals surface area contributed by atoms with Crippen molar-refractivity contribution in [3.05, 3.63) is 56.0 Å². The van der Waals surface area contributed by atoms with Gasteiger partial charge in [0.25, 0.3) is 0 Å². The molecule has 0 spiro atoms. The quantitative estimate of drug-likeness (QED) is 0.624. The van der Waals surface area contributed by atoms with Crippen LogP contribution in [0.15, 0.2) is 54.8 Å². The molecule has 2 aliphatic rings. The second-order valence-corrected chi connectivity index (χ2v) is 6.22. The summed E-state index contributed by atoms with van der Waals surface area (Å²) in [4.78, 5) is 2.41. The summed E-state index contributed by atoms with van der Waals surface area (Å²) in [5.41, 5.74) is 2.17. The lowest BCUT2D eigenvalue weighted by Crippen LogP contribution is -3.00. The van der Waals surface area contributed by atoms with E-state index in [2.05, 4.69) is 61.5 Å². The van der Waals surface area contributed by atoms with Gasteiger partial charge in [0.15, 0.2) is 4.91 Å². The molecule has 1 N–H and O–H groups in total. The second kappa shape index (κ2) is 5.29. The second-order valence-electron chi connectivity index (χ2n) is 3.40. The molecule has 1 nitrogen and oxygen atoms in total. The monoisotopic (exact) mass is 433 g/mol. The summed E-state index contributed by atoms with van der Waals surface area (Å²) < 4.78 is 2.17. The van der Waals surface area contributed by atoms with Crippen LogP contribution in [0, 0.1) is 6.08 Å². The van der Waals surface area contributed by atoms with E-state index >= 15 is 0 Å². The van der Waals surface area contributed by atoms with Crippen LogP contribution in [0.25, 0.3) is 0 Å². The molecular weight excluding hydrogens is 430 g/mol. The smallest absolute Gasteiger partial charge is 0.222 e. The van der Waals surface area contributed by atoms with E-state index in [0.717, 1.165) is 20.3 Å². The Morgan fingerprint density at radius 3 is 2.88 bits per heavy atom. The maximum Gasteiger partial charge on any atom is 0.222 e. The minimum absolute atomic E-state index is 0. The van der Waals surface area contributed by atoms with Crippen molar-refractivity contribution >= 4 is 49.3 Å². The van der Waals surface area contributed by atoms with Gasteiger partial charge in [-0.25, -0.2) is 0 Å². The van der Waals surface area contributed by atoms with Crippen LogP contribution >= 0.6 is 43.6 Å². The third-order valence-corrected chi connectivity index (χ3v) is 4.88. The predicted molar refractivity (Wildman–Crippen MR) is 75.5 cm³/mol. The van der Waals surface area contributed by atoms with Crippen LogP contribution in [0.4, 0.5) is 5.69 Å². The molecule has 0 bridgehead atoms. The highest BCUT2D eigenvalue weighted by molar-refractivity contribution is 9.12. The van der Waals surface area contributed by atoms with E-state index in [4.69, 9.17) is 0 Å². The maximum absolute atomic E-state index is 3.57. The lowest BCUT2D eigenvalue weighted by Gasteiger charge is -2.17. The molecule has 0 unspecified atom stereocenters. The Balaban J connectivity index is 0.00000108. The number of hydrogen-bond acceptors (Lipinski definition) is 2. The minimum atomic E-state index is 0. The van der Waals surface area contributed by atoms with Gasteiger partial charge in [0, 0.05) is 20.4 Å². The van der Waals surface area contributed by atoms with E-state index in [-0.39, 0.29) is 17.0 Å². The Kier molecular flexibility index (Phi) is 4.16. The van der Waals surface area contributed by atoms with Gasteiger partial charge >= 0.3 is 0 Å². The fourth-order valence-electron chi connectivity index (χ4n) is 1.59. The third kappa shape index (κ3) is 2.54. The number of thioether (sulfide) groups is 1. The fraction of sp³-hybridized carbons (Fsp3) is 0. The van der Waals surface area contributed by atoms with Crippen molar-refractivity contribution < 1.29 is 17.0 Å². The lowest BCUT2D eigenvalue weighted by molar-refractivity contribution is -0.00000275. The molecule has 1 aromatic carbocycles. The normalized spacial score (nSPS) is 16.0. The number of fused-ring (bicyclic) bond motifs is 1. The largest absolute Gasteiger partial charge is 1.00 e. The molecule has 0 aromatic heterocycles. The zero-order chi connectivity index (χ0) is 11.1. The summed E-state index contributed by atoms with van der Waals surface area (Å²) in [7, 11) is 0. The van der Waals surface area contributed by atoms with Crippen LogP contribution in [-0.4, -0.2) is 0 Å². The first-order chi connectivity index (χ1) is 7.74. The van der Waals surface area contributed by atoms with Crippen LogP contribution in [0.2, 0.25) is 0 Å². The van der Waals surface area contributed by atoms with Crippen LogP contribution in [0.3, 0.4) is 0 Å². The molecule has 1 aliphatic carbocycles. The first-order valence-electron chi connectivity index (χ1n) is 4.68. The molecular formula is C12H6Br3NS. The maximum atomic E-state index is 3.57. The van der Waals surface area contributed by atoms with Gasteiger partial charge in [0.1, 0.15) is 10.6 Å². The van der Waals surface area contributed by atoms with Crippen molar-refractivity contribution in [3.63, 3.8) is 0 Å². The topological polar surface area (TPSA) is 12.0 Å². The summed E-state index contributed by atoms with van der Waals surface area (Å²) in [6.45, 7) is 0. The van der Waals surface area contributed by atoms with Gasteiger partial charge in [0.2, 0.25) is 5.70 Å². The Morgan fingerprint density at radius 1 is 1.24 bits per heavy atom. The van der Waals surface area contributed by atoms with Crippen LogP contribution < -0.4 is 22.3 Å². The minimum Gasteiger partial charge on any atom is -1.00 e. The highest BCUT2D eigenvalue weighted by Gasteiger charge is 2.26. The number of benzene rings is 1. The first-order valence-corrected chi connectivity index (χ1v) is 7.09. The SMILES string of the molecule is BrC1=CC2=C([C+]=C1)Nc1cccc(Br)c1S2.[Br-]. The summed E-state index contributed by atoms with van der Waals surface area (Å²) in [6, 6.07) is 6.16. The summed E-state index contributed by atoms with van der Waals surface area (Å²) >= 11 is 8.79. The van der Waals surface area contributed by atoms with Gasteiger partial charge in [-0.05, 0) is 39.8 Å². The summed E-state index contributed by atoms with van der Waals surface area (Å²) in [6.07, 6.45) is 7.25. The van der Waals surface area contributed by atoms with Crippen molar-refractivity contribution in [1.82, 2.24) is 0 Å². The molecule has 0 atom stereocenters. The summed E-state index contributed by atoms with van der Waals surface area (Å²) in [5, 5.41) is 3.38. The summed E-state index contributed by atoms with van der Waals surface area (Å²) in [5.74, 6) is 0. The predicted octanol–water partition coefficient (Wildman–Crippen LogP) is 1.83. The standard InChI is InChI=1S/C12H6Br2NS.BrH/c13-7-4-5-9-11(6-7)16-12-8(14)2-1-3-10(12)15-9;/h1-4,6,15H;1H/q+1;/p-1. The molecule has 0 amide bonds. The average Bonchev–Trinajstić information content (AvgIpc) is 2.28. The number of allylic oxidation sites excluding steroid dienone is 4. The van der Waals surface area contributed by atoms with Gasteiger partial charge in [-0.15, -0.1) is 0 Å². The number of halogens is 3. The van der Waals surface area contributed by atoms with Crippen molar-refractivity contribution in [3.8, 4) is 0 Å². The fourth-order valence-corrected chi connectivity index (χ4v) is 3.70.